The molecule has 4 heteroatoms. The third-order valence-corrected chi connectivity index (χ3v) is 9.07. The van der Waals surface area contributed by atoms with Crippen LogP contribution < -0.4 is 0 Å². The Balaban J connectivity index is 1.72. The van der Waals surface area contributed by atoms with Gasteiger partial charge >= 0.3 is 5.97 Å². The predicted octanol–water partition coefficient (Wildman–Crippen LogP) is 3.46. The summed E-state index contributed by atoms with van der Waals surface area (Å²) in [5, 5.41) is 22.2. The Labute approximate surface area is 157 Å². The Morgan fingerprint density at radius 1 is 1.19 bits per heavy atom. The number of ether oxygens (including phenoxy) is 1. The van der Waals surface area contributed by atoms with Crippen LogP contribution in [0.25, 0.3) is 0 Å². The van der Waals surface area contributed by atoms with Crippen molar-refractivity contribution in [3.05, 3.63) is 12.2 Å². The van der Waals surface area contributed by atoms with Crippen molar-refractivity contribution < 1.29 is 19.7 Å². The zero-order valence-corrected chi connectivity index (χ0v) is 16.5. The Bertz CT molecular complexity index is 630. The molecule has 0 amide bonds. The number of esters is 1. The molecular weight excluding hydrogens is 328 g/mol. The maximum absolute atomic E-state index is 11.4. The van der Waals surface area contributed by atoms with Gasteiger partial charge in [-0.2, -0.15) is 0 Å². The van der Waals surface area contributed by atoms with Crippen LogP contribution in [0.1, 0.15) is 65.7 Å². The van der Waals surface area contributed by atoms with Crippen LogP contribution in [0.2, 0.25) is 0 Å². The molecule has 0 saturated heterocycles. The Morgan fingerprint density at radius 3 is 2.62 bits per heavy atom. The van der Waals surface area contributed by atoms with Gasteiger partial charge in [-0.15, -0.1) is 0 Å². The quantitative estimate of drug-likeness (QED) is 0.583. The summed E-state index contributed by atoms with van der Waals surface area (Å²) in [6, 6.07) is 0. The van der Waals surface area contributed by atoms with Crippen molar-refractivity contribution >= 4 is 5.97 Å². The van der Waals surface area contributed by atoms with E-state index in [4.69, 9.17) is 4.74 Å². The predicted molar refractivity (Wildman–Crippen MR) is 99.2 cm³/mol. The van der Waals surface area contributed by atoms with Crippen molar-refractivity contribution in [1.82, 2.24) is 0 Å². The summed E-state index contributed by atoms with van der Waals surface area (Å²) in [6.07, 6.45) is 5.98. The van der Waals surface area contributed by atoms with E-state index in [1.54, 1.807) is 0 Å². The van der Waals surface area contributed by atoms with Gasteiger partial charge in [0.1, 0.15) is 0 Å². The number of carbonyl (C=O) groups is 1. The van der Waals surface area contributed by atoms with Crippen molar-refractivity contribution in [2.24, 2.45) is 34.0 Å². The van der Waals surface area contributed by atoms with Gasteiger partial charge in [0.05, 0.1) is 18.8 Å². The van der Waals surface area contributed by atoms with E-state index in [-0.39, 0.29) is 35.4 Å². The van der Waals surface area contributed by atoms with Crippen molar-refractivity contribution in [1.29, 1.82) is 0 Å². The minimum absolute atomic E-state index is 0.0180. The molecule has 1 spiro atoms. The molecule has 146 valence electrons. The highest BCUT2D eigenvalue weighted by Gasteiger charge is 2.68. The lowest BCUT2D eigenvalue weighted by Gasteiger charge is -2.66. The molecule has 0 aromatic rings. The molecule has 0 unspecified atom stereocenters. The van der Waals surface area contributed by atoms with E-state index in [1.807, 2.05) is 0 Å². The van der Waals surface area contributed by atoms with E-state index in [1.165, 1.54) is 18.9 Å². The van der Waals surface area contributed by atoms with E-state index in [9.17, 15) is 15.0 Å². The van der Waals surface area contributed by atoms with Crippen molar-refractivity contribution in [3.63, 3.8) is 0 Å². The first kappa shape index (κ1) is 18.5. The Hall–Kier alpha value is -0.870. The molecule has 26 heavy (non-hydrogen) atoms. The fraction of sp³-hybridized carbons (Fsp3) is 0.864. The summed E-state index contributed by atoms with van der Waals surface area (Å²) in [4.78, 5) is 11.4. The minimum atomic E-state index is -0.492. The van der Waals surface area contributed by atoms with Gasteiger partial charge in [0.25, 0.3) is 0 Å². The van der Waals surface area contributed by atoms with E-state index in [2.05, 4.69) is 20.4 Å². The molecule has 4 nitrogen and oxygen atoms in total. The summed E-state index contributed by atoms with van der Waals surface area (Å²) in [5.41, 5.74) is 0.902. The van der Waals surface area contributed by atoms with Crippen molar-refractivity contribution in [3.8, 4) is 0 Å². The molecule has 0 radical (unpaired) electrons. The van der Waals surface area contributed by atoms with Gasteiger partial charge in [-0.1, -0.05) is 26.0 Å². The summed E-state index contributed by atoms with van der Waals surface area (Å²) in [5.74, 6) is 0.909. The maximum Gasteiger partial charge on any atom is 0.302 e. The zero-order chi connectivity index (χ0) is 18.9. The highest BCUT2D eigenvalue weighted by Crippen LogP contribution is 2.72. The van der Waals surface area contributed by atoms with E-state index >= 15 is 0 Å². The lowest BCUT2D eigenvalue weighted by Crippen LogP contribution is -2.65. The van der Waals surface area contributed by atoms with Gasteiger partial charge in [-0.05, 0) is 68.1 Å². The molecule has 0 heterocycles. The molecule has 4 aliphatic carbocycles. The summed E-state index contributed by atoms with van der Waals surface area (Å²) in [6.45, 7) is 10.4. The third kappa shape index (κ3) is 2.30. The van der Waals surface area contributed by atoms with Gasteiger partial charge < -0.3 is 14.9 Å². The molecular formula is C22H34O4. The van der Waals surface area contributed by atoms with E-state index in [0.717, 1.165) is 32.1 Å². The molecule has 4 aliphatic rings. The first-order valence-electron chi connectivity index (χ1n) is 10.3. The number of hydrogen-bond acceptors (Lipinski definition) is 4. The topological polar surface area (TPSA) is 66.8 Å². The fourth-order valence-electron chi connectivity index (χ4n) is 7.75. The highest BCUT2D eigenvalue weighted by atomic mass is 16.5. The molecule has 2 bridgehead atoms. The van der Waals surface area contributed by atoms with Crippen molar-refractivity contribution in [2.45, 2.75) is 77.9 Å². The summed E-state index contributed by atoms with van der Waals surface area (Å²) < 4.78 is 5.40. The van der Waals surface area contributed by atoms with Gasteiger partial charge in [0, 0.05) is 17.8 Å². The van der Waals surface area contributed by atoms with Gasteiger partial charge in [0.2, 0.25) is 0 Å². The van der Waals surface area contributed by atoms with Crippen LogP contribution in [0.15, 0.2) is 12.2 Å². The maximum atomic E-state index is 11.4. The molecule has 0 aliphatic heterocycles. The zero-order valence-electron chi connectivity index (χ0n) is 16.5. The molecule has 8 atom stereocenters. The Morgan fingerprint density at radius 2 is 1.92 bits per heavy atom. The first-order chi connectivity index (χ1) is 12.1. The number of hydrogen-bond donors (Lipinski definition) is 2. The summed E-state index contributed by atoms with van der Waals surface area (Å²) in [7, 11) is 0. The average Bonchev–Trinajstić information content (AvgIpc) is 2.83. The first-order valence-corrected chi connectivity index (χ1v) is 10.3. The molecule has 0 aromatic carbocycles. The van der Waals surface area contributed by atoms with Crippen LogP contribution in [0, 0.1) is 34.0 Å². The van der Waals surface area contributed by atoms with Crippen LogP contribution >= 0.6 is 0 Å². The lowest BCUT2D eigenvalue weighted by molar-refractivity contribution is -0.232. The number of rotatable bonds is 2. The van der Waals surface area contributed by atoms with Gasteiger partial charge in [-0.25, -0.2) is 0 Å². The van der Waals surface area contributed by atoms with Crippen LogP contribution in [0.3, 0.4) is 0 Å². The van der Waals surface area contributed by atoms with Gasteiger partial charge in [0.15, 0.2) is 0 Å². The van der Waals surface area contributed by atoms with Gasteiger partial charge in [-0.3, -0.25) is 4.79 Å². The van der Waals surface area contributed by atoms with Crippen LogP contribution in [0.4, 0.5) is 0 Å². The second-order valence-corrected chi connectivity index (χ2v) is 10.2. The number of allylic oxidation sites excluding steroid dienone is 1. The SMILES string of the molecule is C=C1C[C@@]23C[C@@H]1CC[C@H]2[C@]1(C)CC[C@@H](O)[C@](C)(COC(C)=O)[C@@H]1C[C@@H]3O. The van der Waals surface area contributed by atoms with E-state index in [0.29, 0.717) is 18.3 Å². The van der Waals surface area contributed by atoms with E-state index < -0.39 is 11.5 Å². The minimum Gasteiger partial charge on any atom is -0.465 e. The normalized spacial score (nSPS) is 53.0. The number of carbonyl (C=O) groups excluding carboxylic acids is 1. The number of fused-ring (bicyclic) bond motifs is 3. The molecule has 4 rings (SSSR count). The van der Waals surface area contributed by atoms with Crippen LogP contribution in [-0.2, 0) is 9.53 Å². The number of aliphatic hydroxyl groups is 2. The summed E-state index contributed by atoms with van der Waals surface area (Å²) >= 11 is 0. The Kier molecular flexibility index (Phi) is 4.13. The molecule has 0 aromatic heterocycles. The second-order valence-electron chi connectivity index (χ2n) is 10.2. The average molecular weight is 363 g/mol. The van der Waals surface area contributed by atoms with Crippen molar-refractivity contribution in [2.75, 3.05) is 6.61 Å². The van der Waals surface area contributed by atoms with Crippen LogP contribution in [0.5, 0.6) is 0 Å². The standard InChI is InChI=1S/C22H34O4/c1-13-10-22-11-15(13)5-6-16(22)20(3)8-7-18(24)21(4,12-26-14(2)23)17(20)9-19(22)25/h15-19,24-25H,1,5-12H2,2-4H3/t15-,16-,17+,18+,19-,20-,21+,22+/m0/s1. The van der Waals surface area contributed by atoms with Crippen LogP contribution in [-0.4, -0.2) is 35.0 Å². The molecule has 4 fully saturated rings. The smallest absolute Gasteiger partial charge is 0.302 e. The highest BCUT2D eigenvalue weighted by molar-refractivity contribution is 5.65. The number of aliphatic hydroxyl groups excluding tert-OH is 2. The second kappa shape index (κ2) is 5.81. The lowest BCUT2D eigenvalue weighted by atomic mass is 9.40. The monoisotopic (exact) mass is 362 g/mol. The fourth-order valence-corrected chi connectivity index (χ4v) is 7.75. The molecule has 2 N–H and O–H groups in total. The third-order valence-electron chi connectivity index (χ3n) is 9.07. The largest absolute Gasteiger partial charge is 0.465 e. The molecule has 4 saturated carbocycles.